The lowest BCUT2D eigenvalue weighted by molar-refractivity contribution is 0.0428. The maximum Gasteiger partial charge on any atom is 0.374 e. The maximum atomic E-state index is 12.1. The molecule has 0 radical (unpaired) electrons. The Morgan fingerprint density at radius 2 is 1.85 bits per heavy atom. The maximum absolute atomic E-state index is 12.1. The standard InChI is InChI=1S/C20H16N2O4/c23-20(25-13-15-12-22-11-5-4-8-19(22)21-15)18-10-9-17(26-18)14-24-16-6-2-1-3-7-16/h1-12H,13-14H2. The third-order valence-electron chi connectivity index (χ3n) is 3.75. The number of carbonyl (C=O) groups is 1. The largest absolute Gasteiger partial charge is 0.486 e. The van der Waals surface area contributed by atoms with E-state index >= 15 is 0 Å². The van der Waals surface area contributed by atoms with Crippen LogP contribution < -0.4 is 4.74 Å². The highest BCUT2D eigenvalue weighted by molar-refractivity contribution is 5.86. The van der Waals surface area contributed by atoms with Gasteiger partial charge in [0.2, 0.25) is 5.76 Å². The number of furan rings is 1. The number of para-hydroxylation sites is 1. The second kappa shape index (κ2) is 7.14. The van der Waals surface area contributed by atoms with Gasteiger partial charge >= 0.3 is 5.97 Å². The van der Waals surface area contributed by atoms with Crippen LogP contribution in [0.4, 0.5) is 0 Å². The molecule has 0 bridgehead atoms. The van der Waals surface area contributed by atoms with Crippen LogP contribution in [0.1, 0.15) is 22.0 Å². The van der Waals surface area contributed by atoms with Gasteiger partial charge in [0.1, 0.15) is 30.4 Å². The van der Waals surface area contributed by atoms with Gasteiger partial charge in [0.05, 0.1) is 5.69 Å². The van der Waals surface area contributed by atoms with Crippen molar-refractivity contribution in [1.29, 1.82) is 0 Å². The van der Waals surface area contributed by atoms with E-state index in [4.69, 9.17) is 13.9 Å². The Labute approximate surface area is 149 Å². The molecule has 0 spiro atoms. The summed E-state index contributed by atoms with van der Waals surface area (Å²) in [5.41, 5.74) is 1.47. The molecule has 0 amide bonds. The van der Waals surface area contributed by atoms with Gasteiger partial charge in [-0.3, -0.25) is 0 Å². The lowest BCUT2D eigenvalue weighted by Gasteiger charge is -2.03. The average molecular weight is 348 g/mol. The van der Waals surface area contributed by atoms with Gasteiger partial charge in [0.25, 0.3) is 0 Å². The first kappa shape index (κ1) is 16.0. The van der Waals surface area contributed by atoms with Crippen molar-refractivity contribution in [2.45, 2.75) is 13.2 Å². The predicted molar refractivity (Wildman–Crippen MR) is 93.8 cm³/mol. The van der Waals surface area contributed by atoms with Gasteiger partial charge in [-0.1, -0.05) is 24.3 Å². The molecule has 4 rings (SSSR count). The second-order valence-corrected chi connectivity index (χ2v) is 5.64. The fourth-order valence-corrected chi connectivity index (χ4v) is 2.50. The number of nitrogens with zero attached hydrogens (tertiary/aromatic N) is 2. The normalized spacial score (nSPS) is 10.8. The first-order valence-electron chi connectivity index (χ1n) is 8.14. The molecule has 0 atom stereocenters. The Morgan fingerprint density at radius 3 is 2.69 bits per heavy atom. The van der Waals surface area contributed by atoms with Crippen molar-refractivity contribution in [1.82, 2.24) is 9.38 Å². The van der Waals surface area contributed by atoms with Gasteiger partial charge < -0.3 is 18.3 Å². The van der Waals surface area contributed by atoms with E-state index in [0.717, 1.165) is 11.4 Å². The molecule has 4 aromatic rings. The van der Waals surface area contributed by atoms with Crippen LogP contribution >= 0.6 is 0 Å². The number of ether oxygens (including phenoxy) is 2. The van der Waals surface area contributed by atoms with Crippen molar-refractivity contribution < 1.29 is 18.7 Å². The second-order valence-electron chi connectivity index (χ2n) is 5.64. The van der Waals surface area contributed by atoms with Crippen molar-refractivity contribution in [2.24, 2.45) is 0 Å². The van der Waals surface area contributed by atoms with Crippen molar-refractivity contribution in [3.05, 3.63) is 90.3 Å². The van der Waals surface area contributed by atoms with E-state index in [1.807, 2.05) is 65.3 Å². The molecule has 3 aromatic heterocycles. The molecule has 0 unspecified atom stereocenters. The summed E-state index contributed by atoms with van der Waals surface area (Å²) in [6, 6.07) is 18.4. The number of imidazole rings is 1. The van der Waals surface area contributed by atoms with Crippen LogP contribution in [-0.2, 0) is 18.0 Å². The first-order valence-corrected chi connectivity index (χ1v) is 8.14. The summed E-state index contributed by atoms with van der Waals surface area (Å²) < 4.78 is 18.2. The van der Waals surface area contributed by atoms with Crippen LogP contribution in [0.3, 0.4) is 0 Å². The van der Waals surface area contributed by atoms with E-state index < -0.39 is 5.97 Å². The zero-order valence-electron chi connectivity index (χ0n) is 13.9. The van der Waals surface area contributed by atoms with Crippen LogP contribution in [-0.4, -0.2) is 15.4 Å². The summed E-state index contributed by atoms with van der Waals surface area (Å²) in [7, 11) is 0. The third-order valence-corrected chi connectivity index (χ3v) is 3.75. The van der Waals surface area contributed by atoms with Gasteiger partial charge in [-0.05, 0) is 36.4 Å². The Balaban J connectivity index is 1.34. The number of carbonyl (C=O) groups excluding carboxylic acids is 1. The number of fused-ring (bicyclic) bond motifs is 1. The number of pyridine rings is 1. The number of hydrogen-bond acceptors (Lipinski definition) is 5. The summed E-state index contributed by atoms with van der Waals surface area (Å²) in [5.74, 6) is 0.891. The SMILES string of the molecule is O=C(OCc1cn2ccccc2n1)c1ccc(COc2ccccc2)o1. The van der Waals surface area contributed by atoms with E-state index in [-0.39, 0.29) is 19.0 Å². The summed E-state index contributed by atoms with van der Waals surface area (Å²) in [5, 5.41) is 0. The number of benzene rings is 1. The zero-order valence-corrected chi connectivity index (χ0v) is 13.9. The number of aromatic nitrogens is 2. The molecular weight excluding hydrogens is 332 g/mol. The molecule has 0 fully saturated rings. The molecule has 0 aliphatic rings. The quantitative estimate of drug-likeness (QED) is 0.495. The van der Waals surface area contributed by atoms with Crippen molar-refractivity contribution >= 4 is 11.6 Å². The summed E-state index contributed by atoms with van der Waals surface area (Å²) in [6.07, 6.45) is 3.71. The van der Waals surface area contributed by atoms with Crippen LogP contribution in [0.5, 0.6) is 5.75 Å². The molecular formula is C20H16N2O4. The van der Waals surface area contributed by atoms with Gasteiger partial charge in [0.15, 0.2) is 0 Å². The van der Waals surface area contributed by atoms with Gasteiger partial charge in [-0.25, -0.2) is 9.78 Å². The molecule has 1 aromatic carbocycles. The number of hydrogen-bond donors (Lipinski definition) is 0. The van der Waals surface area contributed by atoms with Gasteiger partial charge in [-0.15, -0.1) is 0 Å². The summed E-state index contributed by atoms with van der Waals surface area (Å²) in [6.45, 7) is 0.320. The minimum absolute atomic E-state index is 0.0804. The summed E-state index contributed by atoms with van der Waals surface area (Å²) in [4.78, 5) is 16.5. The van der Waals surface area contributed by atoms with Crippen molar-refractivity contribution in [3.8, 4) is 5.75 Å². The van der Waals surface area contributed by atoms with Crippen molar-refractivity contribution in [3.63, 3.8) is 0 Å². The van der Waals surface area contributed by atoms with Crippen LogP contribution in [0.25, 0.3) is 5.65 Å². The molecule has 0 aliphatic heterocycles. The molecule has 0 aliphatic carbocycles. The van der Waals surface area contributed by atoms with E-state index in [9.17, 15) is 4.79 Å². The summed E-state index contributed by atoms with van der Waals surface area (Å²) >= 11 is 0. The molecule has 0 saturated carbocycles. The van der Waals surface area contributed by atoms with Crippen LogP contribution in [0, 0.1) is 0 Å². The van der Waals surface area contributed by atoms with E-state index in [0.29, 0.717) is 11.5 Å². The highest BCUT2D eigenvalue weighted by Crippen LogP contribution is 2.15. The molecule has 0 saturated heterocycles. The van der Waals surface area contributed by atoms with Gasteiger partial charge in [0, 0.05) is 12.4 Å². The average Bonchev–Trinajstić information content (AvgIpc) is 3.32. The fourth-order valence-electron chi connectivity index (χ4n) is 2.50. The minimum atomic E-state index is -0.534. The van der Waals surface area contributed by atoms with E-state index in [1.54, 1.807) is 12.1 Å². The topological polar surface area (TPSA) is 66.0 Å². The van der Waals surface area contributed by atoms with Crippen LogP contribution in [0.2, 0.25) is 0 Å². The Morgan fingerprint density at radius 1 is 1.00 bits per heavy atom. The smallest absolute Gasteiger partial charge is 0.374 e. The molecule has 0 N–H and O–H groups in total. The van der Waals surface area contributed by atoms with Crippen LogP contribution in [0.15, 0.2) is 77.5 Å². The Kier molecular flexibility index (Phi) is 4.38. The monoisotopic (exact) mass is 348 g/mol. The molecule has 6 nitrogen and oxygen atoms in total. The Bertz CT molecular complexity index is 987. The highest BCUT2D eigenvalue weighted by Gasteiger charge is 2.14. The van der Waals surface area contributed by atoms with E-state index in [1.165, 1.54) is 0 Å². The molecule has 130 valence electrons. The minimum Gasteiger partial charge on any atom is -0.486 e. The van der Waals surface area contributed by atoms with Gasteiger partial charge in [-0.2, -0.15) is 0 Å². The third kappa shape index (κ3) is 3.59. The molecule has 6 heteroatoms. The lowest BCUT2D eigenvalue weighted by Crippen LogP contribution is -2.04. The lowest BCUT2D eigenvalue weighted by atomic mass is 10.3. The molecule has 3 heterocycles. The van der Waals surface area contributed by atoms with Crippen molar-refractivity contribution in [2.75, 3.05) is 0 Å². The fraction of sp³-hybridized carbons (Fsp3) is 0.100. The predicted octanol–water partition coefficient (Wildman–Crippen LogP) is 3.86. The zero-order chi connectivity index (χ0) is 17.8. The molecule has 26 heavy (non-hydrogen) atoms. The number of rotatable bonds is 6. The van der Waals surface area contributed by atoms with E-state index in [2.05, 4.69) is 4.98 Å². The highest BCUT2D eigenvalue weighted by atomic mass is 16.5. The Hall–Kier alpha value is -3.54. The first-order chi connectivity index (χ1) is 12.8. The number of esters is 1.